The molecule has 2 N–H and O–H groups in total. The van der Waals surface area contributed by atoms with E-state index in [-0.39, 0.29) is 11.4 Å². The van der Waals surface area contributed by atoms with Gasteiger partial charge in [-0.05, 0) is 18.2 Å². The number of nitro benzene ring substituents is 1. The second kappa shape index (κ2) is 4.93. The van der Waals surface area contributed by atoms with E-state index in [1.54, 1.807) is 24.3 Å². The van der Waals surface area contributed by atoms with Crippen molar-refractivity contribution in [2.75, 3.05) is 5.73 Å². The third-order valence-corrected chi connectivity index (χ3v) is 2.49. The van der Waals surface area contributed by atoms with Gasteiger partial charge in [0.2, 0.25) is 5.75 Å². The summed E-state index contributed by atoms with van der Waals surface area (Å²) in [5.41, 5.74) is 5.94. The molecule has 0 heterocycles. The summed E-state index contributed by atoms with van der Waals surface area (Å²) in [4.78, 5) is 10.3. The van der Waals surface area contributed by atoms with Crippen LogP contribution in [0.15, 0.2) is 42.5 Å². The first-order valence-corrected chi connectivity index (χ1v) is 5.42. The van der Waals surface area contributed by atoms with Gasteiger partial charge >= 0.3 is 5.69 Å². The van der Waals surface area contributed by atoms with Crippen molar-refractivity contribution >= 4 is 23.0 Å². The summed E-state index contributed by atoms with van der Waals surface area (Å²) < 4.78 is 5.43. The molecule has 18 heavy (non-hydrogen) atoms. The first-order chi connectivity index (χ1) is 8.58. The van der Waals surface area contributed by atoms with Crippen LogP contribution in [0.25, 0.3) is 0 Å². The first kappa shape index (κ1) is 12.2. The second-order valence-electron chi connectivity index (χ2n) is 3.51. The van der Waals surface area contributed by atoms with E-state index in [2.05, 4.69) is 0 Å². The van der Waals surface area contributed by atoms with Gasteiger partial charge < -0.3 is 10.5 Å². The summed E-state index contributed by atoms with van der Waals surface area (Å²) in [5, 5.41) is 11.2. The van der Waals surface area contributed by atoms with Gasteiger partial charge in [-0.25, -0.2) is 0 Å². The van der Waals surface area contributed by atoms with E-state index >= 15 is 0 Å². The van der Waals surface area contributed by atoms with Crippen molar-refractivity contribution in [1.82, 2.24) is 0 Å². The zero-order valence-corrected chi connectivity index (χ0v) is 9.92. The van der Waals surface area contributed by atoms with Gasteiger partial charge in [0.05, 0.1) is 10.6 Å². The molecule has 0 unspecified atom stereocenters. The summed E-state index contributed by atoms with van der Waals surface area (Å²) in [7, 11) is 0. The smallest absolute Gasteiger partial charge is 0.311 e. The lowest BCUT2D eigenvalue weighted by Gasteiger charge is -2.08. The Morgan fingerprint density at radius 2 is 1.89 bits per heavy atom. The van der Waals surface area contributed by atoms with Crippen LogP contribution in [0.5, 0.6) is 11.5 Å². The highest BCUT2D eigenvalue weighted by Crippen LogP contribution is 2.35. The Kier molecular flexibility index (Phi) is 3.34. The van der Waals surface area contributed by atoms with Crippen LogP contribution in [-0.2, 0) is 0 Å². The standard InChI is InChI=1S/C12H9ClN2O3/c13-8-5-6-10(15(16)17)12(7-8)18-11-4-2-1-3-9(11)14/h1-7H,14H2. The molecule has 0 aromatic heterocycles. The Morgan fingerprint density at radius 1 is 1.17 bits per heavy atom. The SMILES string of the molecule is Nc1ccccc1Oc1cc(Cl)ccc1[N+](=O)[O-]. The molecule has 0 fully saturated rings. The lowest BCUT2D eigenvalue weighted by atomic mass is 10.2. The van der Waals surface area contributed by atoms with Crippen molar-refractivity contribution in [3.63, 3.8) is 0 Å². The van der Waals surface area contributed by atoms with Crippen LogP contribution >= 0.6 is 11.6 Å². The van der Waals surface area contributed by atoms with Gasteiger partial charge in [-0.1, -0.05) is 23.7 Å². The topological polar surface area (TPSA) is 78.4 Å². The predicted molar refractivity (Wildman–Crippen MR) is 69.0 cm³/mol. The number of halogens is 1. The highest BCUT2D eigenvalue weighted by atomic mass is 35.5. The maximum Gasteiger partial charge on any atom is 0.311 e. The Bertz CT molecular complexity index is 602. The van der Waals surface area contributed by atoms with Gasteiger partial charge in [0.25, 0.3) is 0 Å². The van der Waals surface area contributed by atoms with E-state index in [4.69, 9.17) is 22.1 Å². The average molecular weight is 265 g/mol. The molecule has 6 heteroatoms. The number of hydrogen-bond acceptors (Lipinski definition) is 4. The number of benzene rings is 2. The molecular weight excluding hydrogens is 256 g/mol. The third-order valence-electron chi connectivity index (χ3n) is 2.26. The van der Waals surface area contributed by atoms with Crippen LogP contribution in [0.2, 0.25) is 5.02 Å². The molecule has 0 spiro atoms. The number of anilines is 1. The minimum absolute atomic E-state index is 0.0606. The molecule has 2 aromatic rings. The number of nitrogens with two attached hydrogens (primary N) is 1. The maximum absolute atomic E-state index is 10.9. The third kappa shape index (κ3) is 2.52. The van der Waals surface area contributed by atoms with Gasteiger partial charge in [0.15, 0.2) is 5.75 Å². The fourth-order valence-corrected chi connectivity index (χ4v) is 1.57. The van der Waals surface area contributed by atoms with E-state index in [1.165, 1.54) is 18.2 Å². The molecule has 0 aliphatic rings. The molecule has 0 saturated carbocycles. The number of nitro groups is 1. The Morgan fingerprint density at radius 3 is 2.56 bits per heavy atom. The van der Waals surface area contributed by atoms with Crippen LogP contribution < -0.4 is 10.5 Å². The monoisotopic (exact) mass is 264 g/mol. The van der Waals surface area contributed by atoms with Crippen molar-refractivity contribution in [3.05, 3.63) is 57.6 Å². The number of rotatable bonds is 3. The Hall–Kier alpha value is -2.27. The molecule has 0 saturated heterocycles. The molecule has 0 atom stereocenters. The highest BCUT2D eigenvalue weighted by molar-refractivity contribution is 6.30. The Balaban J connectivity index is 2.42. The molecule has 0 aliphatic carbocycles. The lowest BCUT2D eigenvalue weighted by molar-refractivity contribution is -0.385. The quantitative estimate of drug-likeness (QED) is 0.522. The van der Waals surface area contributed by atoms with E-state index in [9.17, 15) is 10.1 Å². The molecular formula is C12H9ClN2O3. The fraction of sp³-hybridized carbons (Fsp3) is 0. The zero-order chi connectivity index (χ0) is 13.1. The van der Waals surface area contributed by atoms with E-state index < -0.39 is 4.92 Å². The van der Waals surface area contributed by atoms with Crippen molar-refractivity contribution < 1.29 is 9.66 Å². The van der Waals surface area contributed by atoms with Gasteiger partial charge in [-0.2, -0.15) is 0 Å². The molecule has 2 rings (SSSR count). The Labute approximate surface area is 108 Å². The van der Waals surface area contributed by atoms with Gasteiger partial charge in [0.1, 0.15) is 0 Å². The second-order valence-corrected chi connectivity index (χ2v) is 3.95. The lowest BCUT2D eigenvalue weighted by Crippen LogP contribution is -1.95. The number of para-hydroxylation sites is 2. The van der Waals surface area contributed by atoms with Crippen molar-refractivity contribution in [1.29, 1.82) is 0 Å². The van der Waals surface area contributed by atoms with E-state index in [0.29, 0.717) is 16.5 Å². The van der Waals surface area contributed by atoms with Crippen LogP contribution in [0.4, 0.5) is 11.4 Å². The van der Waals surface area contributed by atoms with Crippen molar-refractivity contribution in [3.8, 4) is 11.5 Å². The minimum atomic E-state index is -0.537. The molecule has 0 radical (unpaired) electrons. The minimum Gasteiger partial charge on any atom is -0.448 e. The first-order valence-electron chi connectivity index (χ1n) is 5.04. The summed E-state index contributed by atoms with van der Waals surface area (Å²) in [6, 6.07) is 10.8. The summed E-state index contributed by atoms with van der Waals surface area (Å²) >= 11 is 5.79. The zero-order valence-electron chi connectivity index (χ0n) is 9.17. The summed E-state index contributed by atoms with van der Waals surface area (Å²) in [6.07, 6.45) is 0. The van der Waals surface area contributed by atoms with E-state index in [0.717, 1.165) is 0 Å². The average Bonchev–Trinajstić information content (AvgIpc) is 2.32. The van der Waals surface area contributed by atoms with Crippen LogP contribution in [-0.4, -0.2) is 4.92 Å². The molecule has 0 aliphatic heterocycles. The number of nitrogens with zero attached hydrogens (tertiary/aromatic N) is 1. The van der Waals surface area contributed by atoms with Crippen LogP contribution in [0, 0.1) is 10.1 Å². The predicted octanol–water partition coefficient (Wildman–Crippen LogP) is 3.62. The van der Waals surface area contributed by atoms with Gasteiger partial charge in [-0.3, -0.25) is 10.1 Å². The number of nitrogen functional groups attached to an aromatic ring is 1. The molecule has 92 valence electrons. The number of hydrogen-bond donors (Lipinski definition) is 1. The van der Waals surface area contributed by atoms with E-state index in [1.807, 2.05) is 0 Å². The van der Waals surface area contributed by atoms with Gasteiger partial charge in [0, 0.05) is 17.2 Å². The van der Waals surface area contributed by atoms with Gasteiger partial charge in [-0.15, -0.1) is 0 Å². The highest BCUT2D eigenvalue weighted by Gasteiger charge is 2.16. The molecule has 5 nitrogen and oxygen atoms in total. The summed E-state index contributed by atoms with van der Waals surface area (Å²) in [5.74, 6) is 0.410. The maximum atomic E-state index is 10.9. The van der Waals surface area contributed by atoms with Crippen LogP contribution in [0.3, 0.4) is 0 Å². The largest absolute Gasteiger partial charge is 0.448 e. The molecule has 2 aromatic carbocycles. The normalized spacial score (nSPS) is 10.1. The van der Waals surface area contributed by atoms with Crippen molar-refractivity contribution in [2.24, 2.45) is 0 Å². The molecule has 0 bridgehead atoms. The number of ether oxygens (including phenoxy) is 1. The van der Waals surface area contributed by atoms with Crippen molar-refractivity contribution in [2.45, 2.75) is 0 Å². The fourth-order valence-electron chi connectivity index (χ4n) is 1.41. The molecule has 0 amide bonds. The summed E-state index contributed by atoms with van der Waals surface area (Å²) in [6.45, 7) is 0. The van der Waals surface area contributed by atoms with Crippen LogP contribution in [0.1, 0.15) is 0 Å².